The van der Waals surface area contributed by atoms with Crippen LogP contribution in [0.3, 0.4) is 0 Å². The lowest BCUT2D eigenvalue weighted by Gasteiger charge is -2.12. The van der Waals surface area contributed by atoms with Gasteiger partial charge in [0.05, 0.1) is 24.2 Å². The molecule has 3 aromatic rings. The number of amidine groups is 2. The zero-order chi connectivity index (χ0) is 23.3. The Morgan fingerprint density at radius 2 is 1.03 bits per heavy atom. The molecule has 2 aliphatic heterocycles. The molecule has 34 heavy (non-hydrogen) atoms. The zero-order valence-corrected chi connectivity index (χ0v) is 18.5. The van der Waals surface area contributed by atoms with Crippen molar-refractivity contribution >= 4 is 34.9 Å². The number of hydrogen-bond acceptors (Lipinski definition) is 6. The van der Waals surface area contributed by atoms with Crippen molar-refractivity contribution in [2.45, 2.75) is 0 Å². The number of benzene rings is 3. The van der Waals surface area contributed by atoms with Gasteiger partial charge in [0.2, 0.25) is 0 Å². The Balaban J connectivity index is 1.27. The number of nitrogens with zero attached hydrogens (tertiary/aromatic N) is 2. The molecule has 0 aromatic heterocycles. The molecule has 0 aliphatic carbocycles. The lowest BCUT2D eigenvalue weighted by molar-refractivity contribution is 0.0990. The van der Waals surface area contributed by atoms with E-state index in [1.165, 1.54) is 0 Å². The van der Waals surface area contributed by atoms with Crippen molar-refractivity contribution in [2.75, 3.05) is 36.8 Å². The van der Waals surface area contributed by atoms with Crippen molar-refractivity contribution < 1.29 is 9.59 Å². The number of carbonyl (C=O) groups is 2. The molecule has 8 nitrogen and oxygen atoms in total. The van der Waals surface area contributed by atoms with Crippen LogP contribution in [-0.2, 0) is 0 Å². The Kier molecular flexibility index (Phi) is 6.03. The molecular weight excluding hydrogens is 428 g/mol. The van der Waals surface area contributed by atoms with Gasteiger partial charge < -0.3 is 21.3 Å². The number of hydrogen-bond donors (Lipinski definition) is 4. The van der Waals surface area contributed by atoms with Crippen molar-refractivity contribution in [3.8, 4) is 0 Å². The predicted molar refractivity (Wildman–Crippen MR) is 134 cm³/mol. The maximum atomic E-state index is 13.0. The van der Waals surface area contributed by atoms with Gasteiger partial charge in [0.25, 0.3) is 11.8 Å². The monoisotopic (exact) mass is 452 g/mol. The summed E-state index contributed by atoms with van der Waals surface area (Å²) in [7, 11) is 0. The molecule has 2 aliphatic rings. The second-order valence-electron chi connectivity index (χ2n) is 7.92. The Morgan fingerprint density at radius 1 is 0.618 bits per heavy atom. The zero-order valence-electron chi connectivity index (χ0n) is 18.5. The average Bonchev–Trinajstić information content (AvgIpc) is 3.60. The van der Waals surface area contributed by atoms with Crippen molar-refractivity contribution in [1.29, 1.82) is 0 Å². The van der Waals surface area contributed by atoms with Gasteiger partial charge >= 0.3 is 0 Å². The third-order valence-corrected chi connectivity index (χ3v) is 5.60. The topological polar surface area (TPSA) is 107 Å². The highest BCUT2D eigenvalue weighted by molar-refractivity contribution is 6.15. The van der Waals surface area contributed by atoms with Crippen molar-refractivity contribution in [3.63, 3.8) is 0 Å². The van der Waals surface area contributed by atoms with Crippen LogP contribution in [0.25, 0.3) is 0 Å². The predicted octanol–water partition coefficient (Wildman–Crippen LogP) is 2.89. The summed E-state index contributed by atoms with van der Waals surface area (Å²) in [5.74, 6) is 1.02. The van der Waals surface area contributed by atoms with Gasteiger partial charge in [-0.05, 0) is 60.7 Å². The van der Waals surface area contributed by atoms with Gasteiger partial charge in [-0.3, -0.25) is 19.6 Å². The number of rotatable bonds is 6. The van der Waals surface area contributed by atoms with Crippen LogP contribution in [0.15, 0.2) is 82.8 Å². The van der Waals surface area contributed by atoms with Crippen LogP contribution in [0.4, 0.5) is 11.4 Å². The Labute approximate surface area is 197 Å². The fourth-order valence-electron chi connectivity index (χ4n) is 3.88. The summed E-state index contributed by atoms with van der Waals surface area (Å²) >= 11 is 0. The molecule has 0 unspecified atom stereocenters. The molecule has 0 atom stereocenters. The lowest BCUT2D eigenvalue weighted by atomic mass is 10.1. The minimum atomic E-state index is -0.351. The van der Waals surface area contributed by atoms with E-state index in [1.807, 2.05) is 48.5 Å². The first-order chi connectivity index (χ1) is 16.7. The molecule has 2 heterocycles. The van der Waals surface area contributed by atoms with Crippen LogP contribution in [-0.4, -0.2) is 49.7 Å². The fraction of sp³-hybridized carbons (Fsp3) is 0.154. The standard InChI is InChI=1S/C26H24N6O2/c33-25(31-19-9-5-17(6-10-19)23-27-13-14-28-23)21-3-1-2-4-22(21)26(34)32-20-11-7-18(8-12-20)24-29-15-16-30-24/h1-12H,13-16H2,(H,27,28)(H,29,30)(H,31,33)(H,32,34). The number of aliphatic imine (C=N–C) groups is 2. The molecule has 0 spiro atoms. The molecule has 0 fully saturated rings. The normalized spacial score (nSPS) is 14.5. The molecule has 0 radical (unpaired) electrons. The molecule has 4 N–H and O–H groups in total. The molecule has 8 heteroatoms. The average molecular weight is 453 g/mol. The maximum absolute atomic E-state index is 13.0. The summed E-state index contributed by atoms with van der Waals surface area (Å²) < 4.78 is 0. The van der Waals surface area contributed by atoms with Crippen molar-refractivity contribution in [2.24, 2.45) is 9.98 Å². The Bertz CT molecular complexity index is 1180. The first-order valence-electron chi connectivity index (χ1n) is 11.2. The van der Waals surface area contributed by atoms with E-state index in [4.69, 9.17) is 0 Å². The molecule has 5 rings (SSSR count). The summed E-state index contributed by atoms with van der Waals surface area (Å²) in [5, 5.41) is 12.2. The maximum Gasteiger partial charge on any atom is 0.256 e. The van der Waals surface area contributed by atoms with E-state index in [0.717, 1.165) is 49.0 Å². The van der Waals surface area contributed by atoms with E-state index < -0.39 is 0 Å². The highest BCUT2D eigenvalue weighted by Gasteiger charge is 2.18. The molecule has 0 saturated carbocycles. The Hall–Kier alpha value is -4.46. The first-order valence-corrected chi connectivity index (χ1v) is 11.2. The minimum absolute atomic E-state index is 0.298. The second-order valence-corrected chi connectivity index (χ2v) is 7.92. The van der Waals surface area contributed by atoms with E-state index >= 15 is 0 Å². The number of amides is 2. The van der Waals surface area contributed by atoms with Gasteiger partial charge in [-0.1, -0.05) is 12.1 Å². The number of carbonyl (C=O) groups excluding carboxylic acids is 2. The van der Waals surface area contributed by atoms with E-state index in [0.29, 0.717) is 22.5 Å². The summed E-state index contributed by atoms with van der Waals surface area (Å²) in [6, 6.07) is 21.7. The number of anilines is 2. The van der Waals surface area contributed by atoms with Crippen LogP contribution in [0.2, 0.25) is 0 Å². The largest absolute Gasteiger partial charge is 0.368 e. The third-order valence-electron chi connectivity index (χ3n) is 5.60. The van der Waals surface area contributed by atoms with E-state index in [9.17, 15) is 9.59 Å². The summed E-state index contributed by atoms with van der Waals surface area (Å²) in [6.07, 6.45) is 0. The van der Waals surface area contributed by atoms with Crippen LogP contribution in [0.5, 0.6) is 0 Å². The number of nitrogens with one attached hydrogen (secondary N) is 4. The molecule has 0 saturated heterocycles. The van der Waals surface area contributed by atoms with E-state index in [2.05, 4.69) is 31.3 Å². The van der Waals surface area contributed by atoms with Crippen LogP contribution < -0.4 is 21.3 Å². The van der Waals surface area contributed by atoms with Crippen molar-refractivity contribution in [1.82, 2.24) is 10.6 Å². The molecule has 170 valence electrons. The fourth-order valence-corrected chi connectivity index (χ4v) is 3.88. The minimum Gasteiger partial charge on any atom is -0.368 e. The quantitative estimate of drug-likeness (QED) is 0.461. The van der Waals surface area contributed by atoms with Gasteiger partial charge in [-0.15, -0.1) is 0 Å². The van der Waals surface area contributed by atoms with Crippen LogP contribution in [0.1, 0.15) is 31.8 Å². The van der Waals surface area contributed by atoms with Crippen LogP contribution >= 0.6 is 0 Å². The summed E-state index contributed by atoms with van der Waals surface area (Å²) in [4.78, 5) is 34.8. The summed E-state index contributed by atoms with van der Waals surface area (Å²) in [5.41, 5.74) is 3.82. The Morgan fingerprint density at radius 3 is 1.38 bits per heavy atom. The second kappa shape index (κ2) is 9.58. The van der Waals surface area contributed by atoms with E-state index in [1.54, 1.807) is 24.3 Å². The molecule has 3 aromatic carbocycles. The molecule has 0 bridgehead atoms. The summed E-state index contributed by atoms with van der Waals surface area (Å²) in [6.45, 7) is 3.21. The smallest absolute Gasteiger partial charge is 0.256 e. The van der Waals surface area contributed by atoms with Gasteiger partial charge in [-0.25, -0.2) is 0 Å². The van der Waals surface area contributed by atoms with Crippen molar-refractivity contribution in [3.05, 3.63) is 95.1 Å². The highest BCUT2D eigenvalue weighted by atomic mass is 16.2. The molecule has 2 amide bonds. The highest BCUT2D eigenvalue weighted by Crippen LogP contribution is 2.17. The van der Waals surface area contributed by atoms with Gasteiger partial charge in [0.15, 0.2) is 0 Å². The van der Waals surface area contributed by atoms with Gasteiger partial charge in [0.1, 0.15) is 11.7 Å². The SMILES string of the molecule is O=C(Nc1ccc(C2=NCCN2)cc1)c1ccccc1C(=O)Nc1ccc(C2=NCCN2)cc1. The van der Waals surface area contributed by atoms with Crippen LogP contribution in [0, 0.1) is 0 Å². The van der Waals surface area contributed by atoms with E-state index in [-0.39, 0.29) is 11.8 Å². The van der Waals surface area contributed by atoms with Gasteiger partial charge in [0, 0.05) is 35.6 Å². The molecular formula is C26H24N6O2. The lowest BCUT2D eigenvalue weighted by Crippen LogP contribution is -2.21. The van der Waals surface area contributed by atoms with Gasteiger partial charge in [-0.2, -0.15) is 0 Å². The first kappa shape index (κ1) is 21.4. The third kappa shape index (κ3) is 4.66.